The largest absolute Gasteiger partial charge is 0.497 e. The van der Waals surface area contributed by atoms with Crippen molar-refractivity contribution in [3.05, 3.63) is 34.5 Å². The Hall–Kier alpha value is -2.34. The maximum absolute atomic E-state index is 6.60. The molecule has 1 aliphatic heterocycles. The van der Waals surface area contributed by atoms with E-state index in [2.05, 4.69) is 41.2 Å². The number of hydrogen-bond donors (Lipinski definition) is 0. The summed E-state index contributed by atoms with van der Waals surface area (Å²) in [7, 11) is 1.66. The molecule has 1 aromatic carbocycles. The van der Waals surface area contributed by atoms with Crippen LogP contribution in [0, 0.1) is 6.92 Å². The van der Waals surface area contributed by atoms with Crippen molar-refractivity contribution in [2.75, 3.05) is 18.6 Å². The van der Waals surface area contributed by atoms with Crippen LogP contribution in [0.1, 0.15) is 44.0 Å². The van der Waals surface area contributed by atoms with Crippen molar-refractivity contribution in [3.8, 4) is 5.75 Å². The van der Waals surface area contributed by atoms with Gasteiger partial charge in [-0.25, -0.2) is 9.67 Å². The van der Waals surface area contributed by atoms with E-state index in [1.165, 1.54) is 5.56 Å². The van der Waals surface area contributed by atoms with Crippen molar-refractivity contribution in [1.82, 2.24) is 20.0 Å². The Labute approximate surface area is 164 Å². The van der Waals surface area contributed by atoms with Crippen LogP contribution < -0.4 is 9.64 Å². The monoisotopic (exact) mass is 385 g/mol. The Morgan fingerprint density at radius 2 is 2.00 bits per heavy atom. The number of anilines is 2. The standard InChI is InChI=1S/C20H24ClN5O/c1-5-14(6-2)26-17-9-12(3)22-20(18(17)23-24-26)25-8-7-13-10-15(27-4)11-16(21)19(13)25/h9-11,14H,5-8H2,1-4H3. The van der Waals surface area contributed by atoms with Crippen LogP contribution in [0.3, 0.4) is 0 Å². The summed E-state index contributed by atoms with van der Waals surface area (Å²) in [4.78, 5) is 6.98. The van der Waals surface area contributed by atoms with Gasteiger partial charge in [0, 0.05) is 18.3 Å². The third-order valence-corrected chi connectivity index (χ3v) is 5.63. The van der Waals surface area contributed by atoms with E-state index in [0.717, 1.165) is 59.8 Å². The summed E-state index contributed by atoms with van der Waals surface area (Å²) in [6.07, 6.45) is 2.93. The third kappa shape index (κ3) is 2.92. The highest BCUT2D eigenvalue weighted by molar-refractivity contribution is 6.34. The molecule has 142 valence electrons. The van der Waals surface area contributed by atoms with Gasteiger partial charge in [0.2, 0.25) is 0 Å². The van der Waals surface area contributed by atoms with E-state index in [-0.39, 0.29) is 0 Å². The first-order valence-electron chi connectivity index (χ1n) is 9.43. The number of ether oxygens (including phenoxy) is 1. The molecule has 7 heteroatoms. The molecule has 0 saturated heterocycles. The van der Waals surface area contributed by atoms with Crippen LogP contribution in [0.15, 0.2) is 18.2 Å². The summed E-state index contributed by atoms with van der Waals surface area (Å²) < 4.78 is 7.40. The van der Waals surface area contributed by atoms with Gasteiger partial charge < -0.3 is 9.64 Å². The molecule has 0 aliphatic carbocycles. The fourth-order valence-corrected chi connectivity index (χ4v) is 4.26. The highest BCUT2D eigenvalue weighted by atomic mass is 35.5. The van der Waals surface area contributed by atoms with Crippen LogP contribution in [0.2, 0.25) is 5.02 Å². The summed E-state index contributed by atoms with van der Waals surface area (Å²) in [5, 5.41) is 9.63. The number of hydrogen-bond acceptors (Lipinski definition) is 5. The van der Waals surface area contributed by atoms with Crippen molar-refractivity contribution in [2.45, 2.75) is 46.1 Å². The van der Waals surface area contributed by atoms with Gasteiger partial charge in [-0.1, -0.05) is 30.7 Å². The average Bonchev–Trinajstić information content (AvgIpc) is 3.27. The highest BCUT2D eigenvalue weighted by Gasteiger charge is 2.28. The molecule has 4 rings (SSSR count). The van der Waals surface area contributed by atoms with Crippen molar-refractivity contribution in [1.29, 1.82) is 0 Å². The molecule has 0 fully saturated rings. The zero-order valence-corrected chi connectivity index (χ0v) is 16.9. The predicted molar refractivity (Wildman–Crippen MR) is 108 cm³/mol. The topological polar surface area (TPSA) is 56.1 Å². The predicted octanol–water partition coefficient (Wildman–Crippen LogP) is 4.85. The first-order valence-corrected chi connectivity index (χ1v) is 9.81. The molecule has 3 heterocycles. The minimum atomic E-state index is 0.336. The minimum absolute atomic E-state index is 0.336. The number of nitrogens with zero attached hydrogens (tertiary/aromatic N) is 5. The quantitative estimate of drug-likeness (QED) is 0.628. The number of halogens is 1. The SMILES string of the molecule is CCC(CC)n1nnc2c(N3CCc4cc(OC)cc(Cl)c43)nc(C)cc21. The van der Waals surface area contributed by atoms with E-state index in [4.69, 9.17) is 21.3 Å². The second-order valence-corrected chi connectivity index (χ2v) is 7.39. The molecule has 3 aromatic rings. The summed E-state index contributed by atoms with van der Waals surface area (Å²) in [5.74, 6) is 1.61. The van der Waals surface area contributed by atoms with E-state index in [1.807, 2.05) is 17.7 Å². The zero-order valence-electron chi connectivity index (χ0n) is 16.2. The van der Waals surface area contributed by atoms with Crippen LogP contribution >= 0.6 is 11.6 Å². The van der Waals surface area contributed by atoms with Crippen LogP contribution in [0.4, 0.5) is 11.5 Å². The normalized spacial score (nSPS) is 13.6. The number of fused-ring (bicyclic) bond motifs is 2. The lowest BCUT2D eigenvalue weighted by Gasteiger charge is -2.21. The molecular formula is C20H24ClN5O. The molecule has 27 heavy (non-hydrogen) atoms. The maximum atomic E-state index is 6.60. The Morgan fingerprint density at radius 1 is 1.22 bits per heavy atom. The lowest BCUT2D eigenvalue weighted by Crippen LogP contribution is -2.16. The molecule has 0 amide bonds. The van der Waals surface area contributed by atoms with Gasteiger partial charge in [0.05, 0.1) is 29.4 Å². The molecule has 1 aliphatic rings. The van der Waals surface area contributed by atoms with Gasteiger partial charge in [0.1, 0.15) is 5.75 Å². The highest BCUT2D eigenvalue weighted by Crippen LogP contribution is 2.43. The summed E-state index contributed by atoms with van der Waals surface area (Å²) >= 11 is 6.60. The number of pyridine rings is 1. The number of aryl methyl sites for hydroxylation is 1. The maximum Gasteiger partial charge on any atom is 0.163 e. The number of aromatic nitrogens is 4. The molecule has 0 saturated carbocycles. The van der Waals surface area contributed by atoms with Crippen LogP contribution in [-0.4, -0.2) is 33.6 Å². The second-order valence-electron chi connectivity index (χ2n) is 6.98. The van der Waals surface area contributed by atoms with Gasteiger partial charge in [0.25, 0.3) is 0 Å². The molecule has 6 nitrogen and oxygen atoms in total. The Bertz CT molecular complexity index is 996. The van der Waals surface area contributed by atoms with E-state index >= 15 is 0 Å². The van der Waals surface area contributed by atoms with Crippen LogP contribution in [0.5, 0.6) is 5.75 Å². The number of rotatable bonds is 5. The average molecular weight is 386 g/mol. The van der Waals surface area contributed by atoms with Gasteiger partial charge in [-0.05, 0) is 43.9 Å². The van der Waals surface area contributed by atoms with E-state index < -0.39 is 0 Å². The lowest BCUT2D eigenvalue weighted by molar-refractivity contribution is 0.414. The molecule has 2 aromatic heterocycles. The van der Waals surface area contributed by atoms with Crippen molar-refractivity contribution in [3.63, 3.8) is 0 Å². The van der Waals surface area contributed by atoms with Crippen molar-refractivity contribution >= 4 is 34.1 Å². The molecule has 0 radical (unpaired) electrons. The van der Waals surface area contributed by atoms with Crippen molar-refractivity contribution in [2.24, 2.45) is 0 Å². The van der Waals surface area contributed by atoms with Gasteiger partial charge in [0.15, 0.2) is 11.3 Å². The fourth-order valence-electron chi connectivity index (χ4n) is 3.93. The third-order valence-electron chi connectivity index (χ3n) is 5.34. The van der Waals surface area contributed by atoms with E-state index in [9.17, 15) is 0 Å². The van der Waals surface area contributed by atoms with E-state index in [1.54, 1.807) is 7.11 Å². The first kappa shape index (κ1) is 18.0. The van der Waals surface area contributed by atoms with Crippen LogP contribution in [-0.2, 0) is 6.42 Å². The zero-order chi connectivity index (χ0) is 19.1. The molecule has 0 N–H and O–H groups in total. The second kappa shape index (κ2) is 7.00. The van der Waals surface area contributed by atoms with Crippen molar-refractivity contribution < 1.29 is 4.74 Å². The smallest absolute Gasteiger partial charge is 0.163 e. The minimum Gasteiger partial charge on any atom is -0.497 e. The molecular weight excluding hydrogens is 362 g/mol. The van der Waals surface area contributed by atoms with E-state index in [0.29, 0.717) is 11.1 Å². The lowest BCUT2D eigenvalue weighted by atomic mass is 10.1. The first-order chi connectivity index (χ1) is 13.1. The molecule has 0 atom stereocenters. The Balaban J connectivity index is 1.88. The molecule has 0 spiro atoms. The molecule has 0 bridgehead atoms. The summed E-state index contributed by atoms with van der Waals surface area (Å²) in [5.41, 5.74) is 4.97. The Kier molecular flexibility index (Phi) is 4.68. The van der Waals surface area contributed by atoms with Gasteiger partial charge in [-0.15, -0.1) is 5.10 Å². The van der Waals surface area contributed by atoms with Gasteiger partial charge in [-0.3, -0.25) is 0 Å². The summed E-state index contributed by atoms with van der Waals surface area (Å²) in [6, 6.07) is 6.31. The van der Waals surface area contributed by atoms with Gasteiger partial charge in [-0.2, -0.15) is 0 Å². The number of benzene rings is 1. The van der Waals surface area contributed by atoms with Gasteiger partial charge >= 0.3 is 0 Å². The summed E-state index contributed by atoms with van der Waals surface area (Å²) in [6.45, 7) is 7.19. The fraction of sp³-hybridized carbons (Fsp3) is 0.450. The molecule has 0 unspecified atom stereocenters. The van der Waals surface area contributed by atoms with Crippen LogP contribution in [0.25, 0.3) is 11.0 Å². The number of methoxy groups -OCH3 is 1. The Morgan fingerprint density at radius 3 is 2.70 bits per heavy atom.